The van der Waals surface area contributed by atoms with Gasteiger partial charge in [0.25, 0.3) is 0 Å². The highest BCUT2D eigenvalue weighted by Crippen LogP contribution is 2.05. The number of para-hydroxylation sites is 1. The number of hydrogen-bond donors (Lipinski definition) is 1. The predicted octanol–water partition coefficient (Wildman–Crippen LogP) is 6.47. The van der Waals surface area contributed by atoms with Crippen LogP contribution in [0.5, 0.6) is 5.75 Å². The van der Waals surface area contributed by atoms with Gasteiger partial charge in [0.15, 0.2) is 0 Å². The Balaban J connectivity index is 0.000000676. The van der Waals surface area contributed by atoms with Crippen LogP contribution < -0.4 is 0 Å². The molecule has 4 heteroatoms. The Morgan fingerprint density at radius 1 is 0.760 bits per heavy atom. The monoisotopic (exact) mass is 352 g/mol. The molecule has 4 nitrogen and oxygen atoms in total. The van der Waals surface area contributed by atoms with E-state index in [0.29, 0.717) is 19.0 Å². The summed E-state index contributed by atoms with van der Waals surface area (Å²) >= 11 is 0. The second kappa shape index (κ2) is 18.6. The number of rotatable bonds is 12. The highest BCUT2D eigenvalue weighted by atomic mass is 16.7. The van der Waals surface area contributed by atoms with Crippen molar-refractivity contribution in [3.05, 3.63) is 30.3 Å². The number of benzene rings is 1. The molecule has 0 saturated heterocycles. The van der Waals surface area contributed by atoms with E-state index in [1.54, 1.807) is 24.3 Å². The molecule has 1 aromatic carbocycles. The maximum absolute atomic E-state index is 11.2. The first kappa shape index (κ1) is 23.3. The molecule has 0 fully saturated rings. The lowest BCUT2D eigenvalue weighted by Gasteiger charge is -2.06. The van der Waals surface area contributed by atoms with Gasteiger partial charge in [0, 0.05) is 0 Å². The van der Waals surface area contributed by atoms with Crippen LogP contribution in [0.4, 0.5) is 4.79 Å². The average Bonchev–Trinajstić information content (AvgIpc) is 2.62. The fourth-order valence-electron chi connectivity index (χ4n) is 2.19. The van der Waals surface area contributed by atoms with Crippen LogP contribution in [0.1, 0.15) is 78.1 Å². The van der Waals surface area contributed by atoms with Crippen LogP contribution in [-0.4, -0.2) is 24.5 Å². The molecule has 0 bridgehead atoms. The van der Waals surface area contributed by atoms with Crippen molar-refractivity contribution in [1.29, 1.82) is 0 Å². The van der Waals surface area contributed by atoms with Crippen molar-refractivity contribution < 1.29 is 19.4 Å². The van der Waals surface area contributed by atoms with E-state index in [1.807, 2.05) is 6.07 Å². The van der Waals surface area contributed by atoms with E-state index < -0.39 is 6.16 Å². The highest BCUT2D eigenvalue weighted by Gasteiger charge is 2.02. The van der Waals surface area contributed by atoms with E-state index in [1.165, 1.54) is 38.5 Å². The molecule has 0 heterocycles. The van der Waals surface area contributed by atoms with Crippen molar-refractivity contribution >= 4 is 6.16 Å². The Hall–Kier alpha value is -1.71. The average molecular weight is 353 g/mol. The molecule has 1 rings (SSSR count). The van der Waals surface area contributed by atoms with E-state index in [0.717, 1.165) is 25.7 Å². The minimum absolute atomic E-state index is 0.322. The van der Waals surface area contributed by atoms with Crippen molar-refractivity contribution in [1.82, 2.24) is 0 Å². The largest absolute Gasteiger partial charge is 0.508 e. The third-order valence-corrected chi connectivity index (χ3v) is 3.69. The van der Waals surface area contributed by atoms with Gasteiger partial charge in [-0.15, -0.1) is 0 Å². The Morgan fingerprint density at radius 3 is 1.56 bits per heavy atom. The molecular formula is C21H36O4. The summed E-state index contributed by atoms with van der Waals surface area (Å²) in [6.07, 6.45) is 11.1. The van der Waals surface area contributed by atoms with Crippen LogP contribution in [0.15, 0.2) is 30.3 Å². The third kappa shape index (κ3) is 18.5. The van der Waals surface area contributed by atoms with Crippen molar-refractivity contribution in [3.63, 3.8) is 0 Å². The molecule has 1 N–H and O–H groups in total. The topological polar surface area (TPSA) is 55.8 Å². The number of carbonyl (C=O) groups is 1. The lowest BCUT2D eigenvalue weighted by atomic mass is 10.2. The summed E-state index contributed by atoms with van der Waals surface area (Å²) in [6.45, 7) is 5.37. The standard InChI is InChI=1S/C15H30O3.C6H6O/c1-3-5-7-9-11-13-17-15(16)18-14-12-10-8-6-4-2;7-6-4-2-1-3-5-6/h3-14H2,1-2H3;1-5,7H. The molecular weight excluding hydrogens is 316 g/mol. The second-order valence-electron chi connectivity index (χ2n) is 6.11. The highest BCUT2D eigenvalue weighted by molar-refractivity contribution is 5.59. The zero-order valence-corrected chi connectivity index (χ0v) is 16.0. The molecule has 0 aliphatic rings. The number of carbonyl (C=O) groups excluding carboxylic acids is 1. The molecule has 25 heavy (non-hydrogen) atoms. The smallest absolute Gasteiger partial charge is 0.508 e. The summed E-state index contributed by atoms with van der Waals surface area (Å²) in [5.41, 5.74) is 0. The number of phenolic OH excluding ortho intramolecular Hbond substituents is 1. The van der Waals surface area contributed by atoms with Crippen molar-refractivity contribution in [2.24, 2.45) is 0 Å². The summed E-state index contributed by atoms with van der Waals surface area (Å²) in [4.78, 5) is 11.2. The molecule has 0 aromatic heterocycles. The van der Waals surface area contributed by atoms with E-state index in [4.69, 9.17) is 14.6 Å². The molecule has 0 spiro atoms. The summed E-state index contributed by atoms with van der Waals surface area (Å²) in [7, 11) is 0. The minimum Gasteiger partial charge on any atom is -0.508 e. The molecule has 0 amide bonds. The predicted molar refractivity (Wildman–Crippen MR) is 103 cm³/mol. The SMILES string of the molecule is CCCCCCCOC(=O)OCCCCCCC.Oc1ccccc1. The first-order valence-corrected chi connectivity index (χ1v) is 9.74. The number of unbranched alkanes of at least 4 members (excludes halogenated alkanes) is 8. The van der Waals surface area contributed by atoms with Gasteiger partial charge in [-0.25, -0.2) is 4.79 Å². The lowest BCUT2D eigenvalue weighted by Crippen LogP contribution is -2.09. The first-order valence-electron chi connectivity index (χ1n) is 9.74. The van der Waals surface area contributed by atoms with E-state index in [9.17, 15) is 4.79 Å². The van der Waals surface area contributed by atoms with Crippen LogP contribution in [0.2, 0.25) is 0 Å². The Bertz CT molecular complexity index is 374. The maximum atomic E-state index is 11.2. The normalized spacial score (nSPS) is 9.84. The Labute approximate surface area is 153 Å². The number of phenols is 1. The lowest BCUT2D eigenvalue weighted by molar-refractivity contribution is 0.0529. The fraction of sp³-hybridized carbons (Fsp3) is 0.667. The van der Waals surface area contributed by atoms with Crippen LogP contribution >= 0.6 is 0 Å². The van der Waals surface area contributed by atoms with Crippen LogP contribution in [0.25, 0.3) is 0 Å². The van der Waals surface area contributed by atoms with Crippen molar-refractivity contribution in [3.8, 4) is 5.75 Å². The Morgan fingerprint density at radius 2 is 1.20 bits per heavy atom. The molecule has 0 aliphatic heterocycles. The number of ether oxygens (including phenoxy) is 2. The zero-order chi connectivity index (χ0) is 18.6. The van der Waals surface area contributed by atoms with Gasteiger partial charge in [-0.3, -0.25) is 0 Å². The van der Waals surface area contributed by atoms with Gasteiger partial charge in [-0.1, -0.05) is 83.4 Å². The zero-order valence-electron chi connectivity index (χ0n) is 16.0. The van der Waals surface area contributed by atoms with Crippen LogP contribution in [0, 0.1) is 0 Å². The molecule has 0 radical (unpaired) electrons. The third-order valence-electron chi connectivity index (χ3n) is 3.69. The molecule has 0 unspecified atom stereocenters. The maximum Gasteiger partial charge on any atom is 0.508 e. The van der Waals surface area contributed by atoms with E-state index in [2.05, 4.69) is 13.8 Å². The second-order valence-corrected chi connectivity index (χ2v) is 6.11. The summed E-state index contributed by atoms with van der Waals surface area (Å²) < 4.78 is 9.98. The molecule has 144 valence electrons. The van der Waals surface area contributed by atoms with E-state index in [-0.39, 0.29) is 0 Å². The van der Waals surface area contributed by atoms with Crippen LogP contribution in [-0.2, 0) is 9.47 Å². The summed E-state index contributed by atoms with van der Waals surface area (Å²) in [5.74, 6) is 0.322. The van der Waals surface area contributed by atoms with Gasteiger partial charge in [0.05, 0.1) is 13.2 Å². The van der Waals surface area contributed by atoms with Gasteiger partial charge in [-0.05, 0) is 25.0 Å². The molecule has 0 aliphatic carbocycles. The fourth-order valence-corrected chi connectivity index (χ4v) is 2.19. The Kier molecular flexibility index (Phi) is 17.4. The van der Waals surface area contributed by atoms with Gasteiger partial charge >= 0.3 is 6.16 Å². The van der Waals surface area contributed by atoms with Crippen molar-refractivity contribution in [2.45, 2.75) is 78.1 Å². The quantitative estimate of drug-likeness (QED) is 0.346. The van der Waals surface area contributed by atoms with Gasteiger partial charge in [-0.2, -0.15) is 0 Å². The van der Waals surface area contributed by atoms with E-state index >= 15 is 0 Å². The van der Waals surface area contributed by atoms with Gasteiger partial charge in [0.2, 0.25) is 0 Å². The minimum atomic E-state index is -0.499. The number of hydrogen-bond acceptors (Lipinski definition) is 4. The molecule has 1 aromatic rings. The molecule has 0 saturated carbocycles. The van der Waals surface area contributed by atoms with Gasteiger partial charge < -0.3 is 14.6 Å². The summed E-state index contributed by atoms with van der Waals surface area (Å²) in [6, 6.07) is 8.71. The summed E-state index contributed by atoms with van der Waals surface area (Å²) in [5, 5.41) is 8.63. The van der Waals surface area contributed by atoms with Crippen molar-refractivity contribution in [2.75, 3.05) is 13.2 Å². The van der Waals surface area contributed by atoms with Gasteiger partial charge in [0.1, 0.15) is 5.75 Å². The molecule has 0 atom stereocenters. The van der Waals surface area contributed by atoms with Crippen LogP contribution in [0.3, 0.4) is 0 Å². The number of aromatic hydroxyl groups is 1. The first-order chi connectivity index (χ1) is 12.2.